The molecule has 2 rings (SSSR count). The Balaban J connectivity index is 1.91. The van der Waals surface area contributed by atoms with Crippen molar-refractivity contribution >= 4 is 23.6 Å². The average molecular weight is 369 g/mol. The number of carbonyl (C=O) groups excluding carboxylic acids is 1. The van der Waals surface area contributed by atoms with Crippen LogP contribution in [-0.4, -0.2) is 41.0 Å². The zero-order valence-electron chi connectivity index (χ0n) is 14.7. The molecule has 5 nitrogen and oxygen atoms in total. The first-order valence-corrected chi connectivity index (χ1v) is 9.26. The van der Waals surface area contributed by atoms with Gasteiger partial charge in [0.15, 0.2) is 0 Å². The van der Waals surface area contributed by atoms with Crippen LogP contribution in [-0.2, 0) is 14.3 Å². The average Bonchev–Trinajstić information content (AvgIpc) is 2.55. The van der Waals surface area contributed by atoms with Crippen molar-refractivity contribution in [3.05, 3.63) is 30.1 Å². The summed E-state index contributed by atoms with van der Waals surface area (Å²) in [6.07, 6.45) is 0.259. The number of nitrogens with one attached hydrogen (secondary N) is 1. The van der Waals surface area contributed by atoms with Gasteiger partial charge < -0.3 is 15.2 Å². The van der Waals surface area contributed by atoms with Gasteiger partial charge in [-0.3, -0.25) is 4.79 Å². The lowest BCUT2D eigenvalue weighted by Crippen LogP contribution is -2.76. The van der Waals surface area contributed by atoms with Crippen molar-refractivity contribution in [2.75, 3.05) is 12.4 Å². The second kappa shape index (κ2) is 7.74. The number of ether oxygens (including phenoxy) is 1. The molecule has 1 saturated carbocycles. The van der Waals surface area contributed by atoms with Crippen molar-refractivity contribution < 1.29 is 23.8 Å². The number of carboxylic acids is 1. The van der Waals surface area contributed by atoms with Crippen LogP contribution in [0, 0.1) is 11.2 Å². The molecular weight excluding hydrogens is 345 g/mol. The molecule has 0 radical (unpaired) electrons. The Kier molecular flexibility index (Phi) is 6.11. The van der Waals surface area contributed by atoms with Crippen LogP contribution in [0.15, 0.2) is 29.2 Å². The van der Waals surface area contributed by atoms with E-state index < -0.39 is 16.9 Å². The van der Waals surface area contributed by atoms with Crippen molar-refractivity contribution in [3.8, 4) is 0 Å². The fourth-order valence-electron chi connectivity index (χ4n) is 3.13. The van der Waals surface area contributed by atoms with Crippen molar-refractivity contribution in [2.45, 2.75) is 50.2 Å². The first-order chi connectivity index (χ1) is 11.7. The zero-order chi connectivity index (χ0) is 18.7. The molecule has 0 saturated heterocycles. The van der Waals surface area contributed by atoms with E-state index in [0.29, 0.717) is 12.4 Å². The Morgan fingerprint density at radius 1 is 1.36 bits per heavy atom. The quantitative estimate of drug-likeness (QED) is 0.689. The van der Waals surface area contributed by atoms with E-state index in [0.717, 1.165) is 4.90 Å². The van der Waals surface area contributed by atoms with E-state index in [1.165, 1.54) is 23.9 Å². The van der Waals surface area contributed by atoms with Crippen LogP contribution in [0.4, 0.5) is 4.39 Å². The molecule has 2 N–H and O–H groups in total. The third kappa shape index (κ3) is 3.98. The van der Waals surface area contributed by atoms with Gasteiger partial charge in [-0.1, -0.05) is 13.8 Å². The number of aliphatic carboxylic acids is 1. The van der Waals surface area contributed by atoms with E-state index in [9.17, 15) is 19.1 Å². The van der Waals surface area contributed by atoms with E-state index >= 15 is 0 Å². The second-order valence-electron chi connectivity index (χ2n) is 6.68. The number of benzene rings is 1. The van der Waals surface area contributed by atoms with Crippen molar-refractivity contribution in [1.29, 1.82) is 0 Å². The number of carboxylic acid groups (broad SMARTS) is 1. The molecule has 0 spiro atoms. The van der Waals surface area contributed by atoms with Gasteiger partial charge in [-0.2, -0.15) is 0 Å². The molecule has 25 heavy (non-hydrogen) atoms. The molecule has 2 atom stereocenters. The molecule has 138 valence electrons. The van der Waals surface area contributed by atoms with Gasteiger partial charge in [0, 0.05) is 35.5 Å². The molecular formula is C18H24FNO4S. The van der Waals surface area contributed by atoms with Gasteiger partial charge >= 0.3 is 5.97 Å². The predicted molar refractivity (Wildman–Crippen MR) is 94.1 cm³/mol. The summed E-state index contributed by atoms with van der Waals surface area (Å²) >= 11 is 1.43. The summed E-state index contributed by atoms with van der Waals surface area (Å²) in [6.45, 7) is 5.98. The van der Waals surface area contributed by atoms with Crippen LogP contribution in [0.3, 0.4) is 0 Å². The number of hydrogen-bond donors (Lipinski definition) is 2. The molecule has 7 heteroatoms. The smallest absolute Gasteiger partial charge is 0.330 e. The highest BCUT2D eigenvalue weighted by Crippen LogP contribution is 2.51. The first kappa shape index (κ1) is 19.7. The highest BCUT2D eigenvalue weighted by atomic mass is 32.2. The van der Waals surface area contributed by atoms with Gasteiger partial charge in [-0.25, -0.2) is 9.18 Å². The van der Waals surface area contributed by atoms with Gasteiger partial charge in [-0.15, -0.1) is 11.8 Å². The molecule has 0 heterocycles. The molecule has 1 aliphatic rings. The molecule has 1 aromatic rings. The van der Waals surface area contributed by atoms with E-state index in [-0.39, 0.29) is 30.7 Å². The SMILES string of the molecule is CCOC1CC(NC(=O)CCSc2ccc(F)cc2)(C(=O)O)C1(C)C. The van der Waals surface area contributed by atoms with Gasteiger partial charge in [0.1, 0.15) is 11.4 Å². The zero-order valence-corrected chi connectivity index (χ0v) is 15.5. The lowest BCUT2D eigenvalue weighted by Gasteiger charge is -2.58. The number of carbonyl (C=O) groups is 2. The minimum absolute atomic E-state index is 0.187. The molecule has 0 aliphatic heterocycles. The molecule has 1 fully saturated rings. The minimum atomic E-state index is -1.30. The maximum absolute atomic E-state index is 12.9. The summed E-state index contributed by atoms with van der Waals surface area (Å²) < 4.78 is 18.4. The van der Waals surface area contributed by atoms with Crippen LogP contribution in [0.2, 0.25) is 0 Å². The molecule has 1 aliphatic carbocycles. The minimum Gasteiger partial charge on any atom is -0.479 e. The Morgan fingerprint density at radius 3 is 2.52 bits per heavy atom. The van der Waals surface area contributed by atoms with Gasteiger partial charge in [-0.05, 0) is 31.2 Å². The Bertz CT molecular complexity index is 634. The Morgan fingerprint density at radius 2 is 2.00 bits per heavy atom. The Labute approximate surface area is 151 Å². The van der Waals surface area contributed by atoms with E-state index in [1.807, 2.05) is 6.92 Å². The van der Waals surface area contributed by atoms with Crippen LogP contribution >= 0.6 is 11.8 Å². The fourth-order valence-corrected chi connectivity index (χ4v) is 3.98. The van der Waals surface area contributed by atoms with Crippen LogP contribution in [0.5, 0.6) is 0 Å². The van der Waals surface area contributed by atoms with Crippen LogP contribution < -0.4 is 5.32 Å². The monoisotopic (exact) mass is 369 g/mol. The number of rotatable bonds is 8. The van der Waals surface area contributed by atoms with Gasteiger partial charge in [0.05, 0.1) is 6.10 Å². The molecule has 2 unspecified atom stereocenters. The number of amides is 1. The van der Waals surface area contributed by atoms with E-state index in [2.05, 4.69) is 5.32 Å². The predicted octanol–water partition coefficient (Wildman–Crippen LogP) is 3.08. The third-order valence-electron chi connectivity index (χ3n) is 4.89. The molecule has 0 aromatic heterocycles. The first-order valence-electron chi connectivity index (χ1n) is 8.27. The molecule has 0 bridgehead atoms. The molecule has 1 amide bonds. The standard InChI is InChI=1S/C18H24FNO4S/c1-4-24-14-11-18(16(22)23,17(14,2)3)20-15(21)9-10-25-13-7-5-12(19)6-8-13/h5-8,14H,4,9-11H2,1-3H3,(H,20,21)(H,22,23). The number of thioether (sulfide) groups is 1. The van der Waals surface area contributed by atoms with Gasteiger partial charge in [0.25, 0.3) is 0 Å². The summed E-state index contributed by atoms with van der Waals surface area (Å²) in [6, 6.07) is 6.04. The topological polar surface area (TPSA) is 75.6 Å². The molecule has 1 aromatic carbocycles. The van der Waals surface area contributed by atoms with Crippen molar-refractivity contribution in [2.24, 2.45) is 5.41 Å². The summed E-state index contributed by atoms with van der Waals surface area (Å²) in [4.78, 5) is 24.9. The normalized spacial score (nSPS) is 24.4. The largest absolute Gasteiger partial charge is 0.479 e. The summed E-state index contributed by atoms with van der Waals surface area (Å²) in [7, 11) is 0. The summed E-state index contributed by atoms with van der Waals surface area (Å²) in [5, 5.41) is 12.4. The second-order valence-corrected chi connectivity index (χ2v) is 7.85. The van der Waals surface area contributed by atoms with Crippen LogP contribution in [0.25, 0.3) is 0 Å². The number of hydrogen-bond acceptors (Lipinski definition) is 4. The van der Waals surface area contributed by atoms with E-state index in [1.54, 1.807) is 26.0 Å². The maximum atomic E-state index is 12.9. The Hall–Kier alpha value is -1.60. The van der Waals surface area contributed by atoms with Gasteiger partial charge in [0.2, 0.25) is 5.91 Å². The van der Waals surface area contributed by atoms with Crippen molar-refractivity contribution in [1.82, 2.24) is 5.32 Å². The summed E-state index contributed by atoms with van der Waals surface area (Å²) in [5.74, 6) is -1.16. The fraction of sp³-hybridized carbons (Fsp3) is 0.556. The van der Waals surface area contributed by atoms with Crippen LogP contribution in [0.1, 0.15) is 33.6 Å². The summed E-state index contributed by atoms with van der Waals surface area (Å²) in [5.41, 5.74) is -1.99. The lowest BCUT2D eigenvalue weighted by molar-refractivity contribution is -0.194. The van der Waals surface area contributed by atoms with Crippen molar-refractivity contribution in [3.63, 3.8) is 0 Å². The maximum Gasteiger partial charge on any atom is 0.330 e. The lowest BCUT2D eigenvalue weighted by atomic mass is 9.54. The highest BCUT2D eigenvalue weighted by molar-refractivity contribution is 7.99. The number of halogens is 1. The van der Waals surface area contributed by atoms with E-state index in [4.69, 9.17) is 4.74 Å². The third-order valence-corrected chi connectivity index (χ3v) is 5.91. The highest BCUT2D eigenvalue weighted by Gasteiger charge is 2.66.